The summed E-state index contributed by atoms with van der Waals surface area (Å²) in [6, 6.07) is 6.21. The summed E-state index contributed by atoms with van der Waals surface area (Å²) in [6.45, 7) is 9.73. The lowest BCUT2D eigenvalue weighted by molar-refractivity contribution is 0.0258. The second kappa shape index (κ2) is 6.37. The normalized spacial score (nSPS) is 15.1. The lowest BCUT2D eigenvalue weighted by atomic mass is 10.0. The molecular weight excluding hydrogens is 266 g/mol. The van der Waals surface area contributed by atoms with Gasteiger partial charge in [-0.3, -0.25) is 0 Å². The van der Waals surface area contributed by atoms with Gasteiger partial charge in [-0.15, -0.1) is 0 Å². The Hall–Kier alpha value is -1.71. The summed E-state index contributed by atoms with van der Waals surface area (Å²) >= 11 is 0. The molecule has 1 aromatic carbocycles. The van der Waals surface area contributed by atoms with Gasteiger partial charge in [0.15, 0.2) is 0 Å². The van der Waals surface area contributed by atoms with Crippen LogP contribution in [0.4, 0.5) is 4.79 Å². The number of fused-ring (bicyclic) bond motifs is 1. The summed E-state index contributed by atoms with van der Waals surface area (Å²) in [4.78, 5) is 14.0. The van der Waals surface area contributed by atoms with Crippen LogP contribution < -0.4 is 4.74 Å². The first kappa shape index (κ1) is 15.7. The molecule has 0 N–H and O–H groups in total. The highest BCUT2D eigenvalue weighted by Crippen LogP contribution is 2.22. The van der Waals surface area contributed by atoms with E-state index in [-0.39, 0.29) is 6.09 Å². The van der Waals surface area contributed by atoms with Crippen LogP contribution in [0, 0.1) is 0 Å². The molecule has 0 saturated heterocycles. The third-order valence-corrected chi connectivity index (χ3v) is 3.44. The van der Waals surface area contributed by atoms with Gasteiger partial charge in [-0.2, -0.15) is 0 Å². The topological polar surface area (TPSA) is 38.8 Å². The van der Waals surface area contributed by atoms with Crippen LogP contribution in [0.15, 0.2) is 18.2 Å². The summed E-state index contributed by atoms with van der Waals surface area (Å²) in [5.74, 6) is 0.905. The van der Waals surface area contributed by atoms with Crippen LogP contribution in [-0.4, -0.2) is 36.3 Å². The Kier molecular flexibility index (Phi) is 4.76. The Morgan fingerprint density at radius 2 is 1.86 bits per heavy atom. The van der Waals surface area contributed by atoms with E-state index in [0.717, 1.165) is 18.6 Å². The molecule has 21 heavy (non-hydrogen) atoms. The van der Waals surface area contributed by atoms with Crippen molar-refractivity contribution in [3.8, 4) is 5.75 Å². The van der Waals surface area contributed by atoms with Crippen LogP contribution in [0.2, 0.25) is 0 Å². The number of hydrogen-bond donors (Lipinski definition) is 0. The molecule has 0 bridgehead atoms. The summed E-state index contributed by atoms with van der Waals surface area (Å²) in [6.07, 6.45) is 1.48. The molecule has 0 fully saturated rings. The summed E-state index contributed by atoms with van der Waals surface area (Å²) < 4.78 is 11.0. The first-order chi connectivity index (χ1) is 9.89. The highest BCUT2D eigenvalue weighted by molar-refractivity contribution is 5.68. The van der Waals surface area contributed by atoms with E-state index in [9.17, 15) is 4.79 Å². The smallest absolute Gasteiger partial charge is 0.410 e. The van der Waals surface area contributed by atoms with Crippen molar-refractivity contribution in [3.63, 3.8) is 0 Å². The van der Waals surface area contributed by atoms with E-state index in [4.69, 9.17) is 9.47 Å². The molecule has 4 nitrogen and oxygen atoms in total. The molecule has 1 aromatic rings. The van der Waals surface area contributed by atoms with Gasteiger partial charge in [0.25, 0.3) is 0 Å². The zero-order chi connectivity index (χ0) is 15.5. The molecule has 0 aliphatic carbocycles. The standard InChI is InChI=1S/C17H25NO3/c1-5-20-15-7-6-13-8-10-18(11-9-14(13)12-15)16(19)21-17(2,3)4/h6-7,12H,5,8-11H2,1-4H3. The van der Waals surface area contributed by atoms with Gasteiger partial charge in [0.1, 0.15) is 11.4 Å². The van der Waals surface area contributed by atoms with Gasteiger partial charge >= 0.3 is 6.09 Å². The molecule has 0 atom stereocenters. The maximum Gasteiger partial charge on any atom is 0.410 e. The van der Waals surface area contributed by atoms with Crippen molar-refractivity contribution in [2.45, 2.75) is 46.1 Å². The highest BCUT2D eigenvalue weighted by atomic mass is 16.6. The first-order valence-electron chi connectivity index (χ1n) is 7.61. The first-order valence-corrected chi connectivity index (χ1v) is 7.61. The lowest BCUT2D eigenvalue weighted by Gasteiger charge is -2.26. The Morgan fingerprint density at radius 3 is 2.48 bits per heavy atom. The number of hydrogen-bond acceptors (Lipinski definition) is 3. The molecule has 116 valence electrons. The van der Waals surface area contributed by atoms with E-state index in [1.54, 1.807) is 4.90 Å². The van der Waals surface area contributed by atoms with Gasteiger partial charge < -0.3 is 14.4 Å². The monoisotopic (exact) mass is 291 g/mol. The van der Waals surface area contributed by atoms with Gasteiger partial charge in [-0.1, -0.05) is 6.07 Å². The van der Waals surface area contributed by atoms with Gasteiger partial charge in [0, 0.05) is 13.1 Å². The average Bonchev–Trinajstić information content (AvgIpc) is 2.59. The van der Waals surface area contributed by atoms with E-state index < -0.39 is 5.60 Å². The number of carbonyl (C=O) groups excluding carboxylic acids is 1. The van der Waals surface area contributed by atoms with E-state index in [2.05, 4.69) is 12.1 Å². The van der Waals surface area contributed by atoms with Crippen LogP contribution in [0.1, 0.15) is 38.8 Å². The predicted molar refractivity (Wildman–Crippen MR) is 82.8 cm³/mol. The molecule has 0 radical (unpaired) electrons. The van der Waals surface area contributed by atoms with Crippen molar-refractivity contribution in [2.24, 2.45) is 0 Å². The van der Waals surface area contributed by atoms with Gasteiger partial charge in [0.2, 0.25) is 0 Å². The minimum Gasteiger partial charge on any atom is -0.494 e. The van der Waals surface area contributed by atoms with Crippen molar-refractivity contribution in [2.75, 3.05) is 19.7 Å². The Balaban J connectivity index is 2.04. The molecule has 0 spiro atoms. The van der Waals surface area contributed by atoms with Crippen molar-refractivity contribution < 1.29 is 14.3 Å². The lowest BCUT2D eigenvalue weighted by Crippen LogP contribution is -2.38. The molecular formula is C17H25NO3. The number of rotatable bonds is 2. The van der Waals surface area contributed by atoms with Crippen molar-refractivity contribution in [1.29, 1.82) is 0 Å². The van der Waals surface area contributed by atoms with Gasteiger partial charge in [-0.05, 0) is 63.8 Å². The number of benzene rings is 1. The second-order valence-corrected chi connectivity index (χ2v) is 6.33. The summed E-state index contributed by atoms with van der Waals surface area (Å²) in [5.41, 5.74) is 2.12. The minimum atomic E-state index is -0.446. The molecule has 0 aromatic heterocycles. The van der Waals surface area contributed by atoms with Crippen LogP contribution in [-0.2, 0) is 17.6 Å². The molecule has 1 aliphatic rings. The quantitative estimate of drug-likeness (QED) is 0.838. The fourth-order valence-electron chi connectivity index (χ4n) is 2.47. The molecule has 1 heterocycles. The van der Waals surface area contributed by atoms with Crippen LogP contribution in [0.3, 0.4) is 0 Å². The average molecular weight is 291 g/mol. The van der Waals surface area contributed by atoms with Crippen LogP contribution in [0.5, 0.6) is 5.75 Å². The third kappa shape index (κ3) is 4.38. The Labute approximate surface area is 127 Å². The molecule has 1 amide bonds. The van der Waals surface area contributed by atoms with Gasteiger partial charge in [-0.25, -0.2) is 4.79 Å². The van der Waals surface area contributed by atoms with E-state index in [1.807, 2.05) is 33.8 Å². The van der Waals surface area contributed by atoms with Crippen LogP contribution >= 0.6 is 0 Å². The predicted octanol–water partition coefficient (Wildman–Crippen LogP) is 3.42. The third-order valence-electron chi connectivity index (χ3n) is 3.44. The maximum absolute atomic E-state index is 12.2. The van der Waals surface area contributed by atoms with E-state index in [1.165, 1.54) is 11.1 Å². The Bertz CT molecular complexity index is 505. The minimum absolute atomic E-state index is 0.222. The number of ether oxygens (including phenoxy) is 2. The number of carbonyl (C=O) groups is 1. The number of amides is 1. The Morgan fingerprint density at radius 1 is 1.19 bits per heavy atom. The maximum atomic E-state index is 12.2. The van der Waals surface area contributed by atoms with Crippen LogP contribution in [0.25, 0.3) is 0 Å². The van der Waals surface area contributed by atoms with E-state index >= 15 is 0 Å². The van der Waals surface area contributed by atoms with Crippen molar-refractivity contribution in [1.82, 2.24) is 4.90 Å². The molecule has 2 rings (SSSR count). The van der Waals surface area contributed by atoms with Gasteiger partial charge in [0.05, 0.1) is 6.61 Å². The molecule has 0 saturated carbocycles. The SMILES string of the molecule is CCOc1ccc2c(c1)CCN(C(=O)OC(C)(C)C)CC2. The highest BCUT2D eigenvalue weighted by Gasteiger charge is 2.24. The largest absolute Gasteiger partial charge is 0.494 e. The van der Waals surface area contributed by atoms with E-state index in [0.29, 0.717) is 19.7 Å². The fraction of sp³-hybridized carbons (Fsp3) is 0.588. The zero-order valence-electron chi connectivity index (χ0n) is 13.4. The molecule has 1 aliphatic heterocycles. The summed E-state index contributed by atoms with van der Waals surface area (Å²) in [5, 5.41) is 0. The van der Waals surface area contributed by atoms with Crippen molar-refractivity contribution >= 4 is 6.09 Å². The van der Waals surface area contributed by atoms with Crippen molar-refractivity contribution in [3.05, 3.63) is 29.3 Å². The summed E-state index contributed by atoms with van der Waals surface area (Å²) in [7, 11) is 0. The zero-order valence-corrected chi connectivity index (χ0v) is 13.4. The molecule has 0 unspecified atom stereocenters. The molecule has 4 heteroatoms. The second-order valence-electron chi connectivity index (χ2n) is 6.33. The number of nitrogens with zero attached hydrogens (tertiary/aromatic N) is 1. The fourth-order valence-corrected chi connectivity index (χ4v) is 2.47.